The number of likely N-dealkylation sites (N-methyl/N-ethyl adjacent to an activating group) is 1. The molecule has 0 N–H and O–H groups in total. The summed E-state index contributed by atoms with van der Waals surface area (Å²) in [6.45, 7) is 1.47. The van der Waals surface area contributed by atoms with E-state index in [9.17, 15) is 17.6 Å². The van der Waals surface area contributed by atoms with Crippen LogP contribution in [0.4, 0.5) is 10.1 Å². The highest BCUT2D eigenvalue weighted by molar-refractivity contribution is 7.92. The lowest BCUT2D eigenvalue weighted by Crippen LogP contribution is -2.47. The van der Waals surface area contributed by atoms with Gasteiger partial charge in [-0.1, -0.05) is 6.07 Å². The molecule has 0 heterocycles. The van der Waals surface area contributed by atoms with Crippen LogP contribution in [0.5, 0.6) is 0 Å². The van der Waals surface area contributed by atoms with Crippen LogP contribution in [0.15, 0.2) is 24.3 Å². The summed E-state index contributed by atoms with van der Waals surface area (Å²) in [4.78, 5) is 13.2. The van der Waals surface area contributed by atoms with Gasteiger partial charge in [0.05, 0.1) is 11.9 Å². The fourth-order valence-electron chi connectivity index (χ4n) is 1.79. The molecule has 0 unspecified atom stereocenters. The fraction of sp³-hybridized carbons (Fsp3) is 0.417. The van der Waals surface area contributed by atoms with Gasteiger partial charge in [-0.15, -0.1) is 0 Å². The molecule has 7 heteroatoms. The molecular weight excluding hydrogens is 271 g/mol. The van der Waals surface area contributed by atoms with Crippen LogP contribution in [-0.4, -0.2) is 45.6 Å². The van der Waals surface area contributed by atoms with E-state index < -0.39 is 21.9 Å². The van der Waals surface area contributed by atoms with Gasteiger partial charge in [0.1, 0.15) is 11.9 Å². The Hall–Kier alpha value is -1.63. The second-order valence-electron chi connectivity index (χ2n) is 4.45. The molecule has 1 aromatic carbocycles. The molecule has 0 fully saturated rings. The number of carbonyl (C=O) groups is 1. The van der Waals surface area contributed by atoms with Crippen molar-refractivity contribution in [1.29, 1.82) is 0 Å². The summed E-state index contributed by atoms with van der Waals surface area (Å²) in [5, 5.41) is 0. The zero-order chi connectivity index (χ0) is 14.8. The van der Waals surface area contributed by atoms with Gasteiger partial charge in [-0.25, -0.2) is 12.8 Å². The quantitative estimate of drug-likeness (QED) is 0.832. The van der Waals surface area contributed by atoms with Crippen LogP contribution in [0.2, 0.25) is 0 Å². The second-order valence-corrected chi connectivity index (χ2v) is 6.31. The fourth-order valence-corrected chi connectivity index (χ4v) is 2.95. The molecule has 5 nitrogen and oxygen atoms in total. The Morgan fingerprint density at radius 1 is 1.32 bits per heavy atom. The smallest absolute Gasteiger partial charge is 0.245 e. The second kappa shape index (κ2) is 5.56. The van der Waals surface area contributed by atoms with Crippen molar-refractivity contribution in [2.45, 2.75) is 13.0 Å². The van der Waals surface area contributed by atoms with E-state index in [1.807, 2.05) is 0 Å². The monoisotopic (exact) mass is 288 g/mol. The van der Waals surface area contributed by atoms with Crippen molar-refractivity contribution in [1.82, 2.24) is 4.90 Å². The van der Waals surface area contributed by atoms with E-state index >= 15 is 0 Å². The Kier molecular flexibility index (Phi) is 4.52. The number of anilines is 1. The standard InChI is InChI=1S/C12H17FN2O3S/c1-9(12(16)14(2)3)15(19(4,17)18)11-7-5-6-10(13)8-11/h5-9H,1-4H3/t9-/m0/s1. The van der Waals surface area contributed by atoms with E-state index in [0.29, 0.717) is 0 Å². The molecule has 0 saturated carbocycles. The molecule has 1 rings (SSSR count). The van der Waals surface area contributed by atoms with E-state index in [-0.39, 0.29) is 11.6 Å². The molecule has 1 atom stereocenters. The number of benzene rings is 1. The van der Waals surface area contributed by atoms with Crippen molar-refractivity contribution in [2.75, 3.05) is 24.7 Å². The molecule has 0 radical (unpaired) electrons. The number of hydrogen-bond acceptors (Lipinski definition) is 3. The van der Waals surface area contributed by atoms with Gasteiger partial charge >= 0.3 is 0 Å². The van der Waals surface area contributed by atoms with Crippen molar-refractivity contribution < 1.29 is 17.6 Å². The first-order chi connectivity index (χ1) is 8.64. The first-order valence-corrected chi connectivity index (χ1v) is 7.45. The summed E-state index contributed by atoms with van der Waals surface area (Å²) in [5.74, 6) is -0.940. The van der Waals surface area contributed by atoms with Gasteiger partial charge in [0, 0.05) is 14.1 Å². The third-order valence-corrected chi connectivity index (χ3v) is 3.81. The van der Waals surface area contributed by atoms with Gasteiger partial charge < -0.3 is 4.90 Å². The molecular formula is C12H17FN2O3S. The highest BCUT2D eigenvalue weighted by Crippen LogP contribution is 2.22. The average Bonchev–Trinajstić information content (AvgIpc) is 2.26. The van der Waals surface area contributed by atoms with Crippen molar-refractivity contribution >= 4 is 21.6 Å². The Balaban J connectivity index is 3.28. The predicted octanol–water partition coefficient (Wildman–Crippen LogP) is 1.07. The summed E-state index contributed by atoms with van der Waals surface area (Å²) >= 11 is 0. The van der Waals surface area contributed by atoms with Gasteiger partial charge in [-0.2, -0.15) is 0 Å². The number of carbonyl (C=O) groups excluding carboxylic acids is 1. The van der Waals surface area contributed by atoms with Crippen molar-refractivity contribution in [2.24, 2.45) is 0 Å². The lowest BCUT2D eigenvalue weighted by atomic mass is 10.2. The van der Waals surface area contributed by atoms with E-state index in [1.165, 1.54) is 44.1 Å². The van der Waals surface area contributed by atoms with Crippen LogP contribution >= 0.6 is 0 Å². The van der Waals surface area contributed by atoms with Crippen molar-refractivity contribution in [3.05, 3.63) is 30.1 Å². The number of sulfonamides is 1. The number of hydrogen-bond donors (Lipinski definition) is 0. The molecule has 0 saturated heterocycles. The molecule has 0 spiro atoms. The Morgan fingerprint density at radius 2 is 1.89 bits per heavy atom. The molecule has 1 amide bonds. The molecule has 19 heavy (non-hydrogen) atoms. The minimum atomic E-state index is -3.69. The normalized spacial score (nSPS) is 12.9. The van der Waals surface area contributed by atoms with Crippen LogP contribution in [0.3, 0.4) is 0 Å². The van der Waals surface area contributed by atoms with Crippen LogP contribution < -0.4 is 4.31 Å². The van der Waals surface area contributed by atoms with Crippen molar-refractivity contribution in [3.8, 4) is 0 Å². The zero-order valence-electron chi connectivity index (χ0n) is 11.3. The van der Waals surface area contributed by atoms with Gasteiger partial charge in [0.25, 0.3) is 0 Å². The summed E-state index contributed by atoms with van der Waals surface area (Å²) < 4.78 is 37.8. The van der Waals surface area contributed by atoms with Crippen LogP contribution in [0.25, 0.3) is 0 Å². The number of amides is 1. The molecule has 106 valence electrons. The lowest BCUT2D eigenvalue weighted by Gasteiger charge is -2.29. The van der Waals surface area contributed by atoms with Crippen LogP contribution in [0.1, 0.15) is 6.92 Å². The number of rotatable bonds is 4. The maximum atomic E-state index is 13.2. The van der Waals surface area contributed by atoms with E-state index in [4.69, 9.17) is 0 Å². The van der Waals surface area contributed by atoms with Crippen LogP contribution in [0, 0.1) is 5.82 Å². The lowest BCUT2D eigenvalue weighted by molar-refractivity contribution is -0.129. The predicted molar refractivity (Wildman–Crippen MR) is 71.9 cm³/mol. The number of halogens is 1. The first-order valence-electron chi connectivity index (χ1n) is 5.60. The average molecular weight is 288 g/mol. The molecule has 0 aliphatic carbocycles. The third kappa shape index (κ3) is 3.66. The molecule has 0 aromatic heterocycles. The molecule has 1 aromatic rings. The van der Waals surface area contributed by atoms with Crippen LogP contribution in [-0.2, 0) is 14.8 Å². The van der Waals surface area contributed by atoms with Gasteiger partial charge in [-0.05, 0) is 25.1 Å². The van der Waals surface area contributed by atoms with Crippen molar-refractivity contribution in [3.63, 3.8) is 0 Å². The summed E-state index contributed by atoms with van der Waals surface area (Å²) in [6, 6.07) is 4.20. The zero-order valence-corrected chi connectivity index (χ0v) is 12.1. The van der Waals surface area contributed by atoms with E-state index in [2.05, 4.69) is 0 Å². The highest BCUT2D eigenvalue weighted by Gasteiger charge is 2.30. The molecule has 0 aliphatic heterocycles. The Morgan fingerprint density at radius 3 is 2.32 bits per heavy atom. The first kappa shape index (κ1) is 15.4. The Labute approximate surface area is 112 Å². The van der Waals surface area contributed by atoms with E-state index in [1.54, 1.807) is 0 Å². The summed E-state index contributed by atoms with van der Waals surface area (Å²) in [5.41, 5.74) is 0.130. The van der Waals surface area contributed by atoms with E-state index in [0.717, 1.165) is 16.6 Å². The van der Waals surface area contributed by atoms with Gasteiger partial charge in [-0.3, -0.25) is 9.10 Å². The summed E-state index contributed by atoms with van der Waals surface area (Å²) in [6.07, 6.45) is 0.983. The SMILES string of the molecule is C[C@@H](C(=O)N(C)C)N(c1cccc(F)c1)S(C)(=O)=O. The highest BCUT2D eigenvalue weighted by atomic mass is 32.2. The maximum Gasteiger partial charge on any atom is 0.245 e. The van der Waals surface area contributed by atoms with Gasteiger partial charge in [0.15, 0.2) is 0 Å². The molecule has 0 aliphatic rings. The largest absolute Gasteiger partial charge is 0.347 e. The maximum absolute atomic E-state index is 13.2. The number of nitrogens with zero attached hydrogens (tertiary/aromatic N) is 2. The third-order valence-electron chi connectivity index (χ3n) is 2.57. The van der Waals surface area contributed by atoms with Gasteiger partial charge in [0.2, 0.25) is 15.9 Å². The Bertz CT molecular complexity index is 572. The topological polar surface area (TPSA) is 57.7 Å². The minimum Gasteiger partial charge on any atom is -0.347 e. The minimum absolute atomic E-state index is 0.130. The summed E-state index contributed by atoms with van der Waals surface area (Å²) in [7, 11) is -0.628. The molecule has 0 bridgehead atoms.